The predicted molar refractivity (Wildman–Crippen MR) is 57.9 cm³/mol. The van der Waals surface area contributed by atoms with Crippen molar-refractivity contribution >= 4 is 5.69 Å². The van der Waals surface area contributed by atoms with E-state index in [2.05, 4.69) is 11.4 Å². The molecule has 1 aromatic carbocycles. The summed E-state index contributed by atoms with van der Waals surface area (Å²) in [5.74, 6) is 1.39. The second kappa shape index (κ2) is 3.88. The van der Waals surface area contributed by atoms with E-state index in [4.69, 9.17) is 10.5 Å². The van der Waals surface area contributed by atoms with Crippen molar-refractivity contribution in [1.29, 1.82) is 0 Å². The highest BCUT2D eigenvalue weighted by atomic mass is 16.5. The largest absolute Gasteiger partial charge is 0.497 e. The minimum atomic E-state index is 0.497. The molecule has 3 N–H and O–H groups in total. The molecule has 0 amide bonds. The monoisotopic (exact) mass is 192 g/mol. The Kier molecular flexibility index (Phi) is 2.59. The first-order chi connectivity index (χ1) is 6.85. The zero-order valence-electron chi connectivity index (χ0n) is 8.42. The van der Waals surface area contributed by atoms with E-state index >= 15 is 0 Å². The molecule has 2 rings (SSSR count). The van der Waals surface area contributed by atoms with Gasteiger partial charge in [-0.2, -0.15) is 0 Å². The van der Waals surface area contributed by atoms with Crippen LogP contribution in [0, 0.1) is 0 Å². The Morgan fingerprint density at radius 3 is 3.14 bits per heavy atom. The van der Waals surface area contributed by atoms with Crippen molar-refractivity contribution in [2.45, 2.75) is 12.3 Å². The van der Waals surface area contributed by atoms with Crippen LogP contribution in [0.4, 0.5) is 5.69 Å². The molecular formula is C11H16N2O. The van der Waals surface area contributed by atoms with E-state index < -0.39 is 0 Å². The number of nitrogens with two attached hydrogens (primary N) is 1. The standard InChI is InChI=1S/C11H16N2O/c1-14-9-2-3-10-8(7-12)4-5-13-11(10)6-9/h2-3,6,8,13H,4-5,7,12H2,1H3. The Bertz CT molecular complexity index is 325. The fraction of sp³-hybridized carbons (Fsp3) is 0.455. The van der Waals surface area contributed by atoms with Crippen LogP contribution in [0.1, 0.15) is 17.9 Å². The molecule has 0 saturated carbocycles. The Morgan fingerprint density at radius 1 is 1.57 bits per heavy atom. The summed E-state index contributed by atoms with van der Waals surface area (Å²) in [5.41, 5.74) is 8.22. The van der Waals surface area contributed by atoms with E-state index in [9.17, 15) is 0 Å². The normalized spacial score (nSPS) is 19.7. The number of anilines is 1. The van der Waals surface area contributed by atoms with Crippen LogP contribution in [-0.2, 0) is 0 Å². The van der Waals surface area contributed by atoms with E-state index in [-0.39, 0.29) is 0 Å². The van der Waals surface area contributed by atoms with Crippen molar-refractivity contribution in [2.24, 2.45) is 5.73 Å². The molecule has 0 spiro atoms. The lowest BCUT2D eigenvalue weighted by atomic mass is 9.91. The van der Waals surface area contributed by atoms with E-state index in [1.165, 1.54) is 11.3 Å². The van der Waals surface area contributed by atoms with Gasteiger partial charge in [0.1, 0.15) is 5.75 Å². The van der Waals surface area contributed by atoms with E-state index in [0.717, 1.165) is 25.3 Å². The van der Waals surface area contributed by atoms with Gasteiger partial charge in [-0.05, 0) is 30.5 Å². The topological polar surface area (TPSA) is 47.3 Å². The van der Waals surface area contributed by atoms with Gasteiger partial charge in [-0.3, -0.25) is 0 Å². The summed E-state index contributed by atoms with van der Waals surface area (Å²) in [4.78, 5) is 0. The van der Waals surface area contributed by atoms with Crippen molar-refractivity contribution < 1.29 is 4.74 Å². The van der Waals surface area contributed by atoms with Crippen molar-refractivity contribution in [3.8, 4) is 5.75 Å². The average molecular weight is 192 g/mol. The number of methoxy groups -OCH3 is 1. The zero-order chi connectivity index (χ0) is 9.97. The van der Waals surface area contributed by atoms with Gasteiger partial charge in [-0.25, -0.2) is 0 Å². The summed E-state index contributed by atoms with van der Waals surface area (Å²) in [7, 11) is 1.69. The highest BCUT2D eigenvalue weighted by Gasteiger charge is 2.18. The lowest BCUT2D eigenvalue weighted by Gasteiger charge is -2.25. The summed E-state index contributed by atoms with van der Waals surface area (Å²) in [6.45, 7) is 1.73. The van der Waals surface area contributed by atoms with Gasteiger partial charge in [0.2, 0.25) is 0 Å². The van der Waals surface area contributed by atoms with Gasteiger partial charge in [-0.15, -0.1) is 0 Å². The molecule has 0 fully saturated rings. The van der Waals surface area contributed by atoms with E-state index in [1.54, 1.807) is 7.11 Å². The molecular weight excluding hydrogens is 176 g/mol. The number of hydrogen-bond donors (Lipinski definition) is 2. The Balaban J connectivity index is 2.35. The molecule has 3 nitrogen and oxygen atoms in total. The number of nitrogens with one attached hydrogen (secondary N) is 1. The van der Waals surface area contributed by atoms with Crippen molar-refractivity contribution in [3.63, 3.8) is 0 Å². The molecule has 76 valence electrons. The Labute approximate surface area is 84.3 Å². The third kappa shape index (κ3) is 1.55. The van der Waals surface area contributed by atoms with Crippen LogP contribution in [0.3, 0.4) is 0 Å². The molecule has 0 radical (unpaired) electrons. The maximum Gasteiger partial charge on any atom is 0.120 e. The third-order valence-electron chi connectivity index (χ3n) is 2.79. The Morgan fingerprint density at radius 2 is 2.43 bits per heavy atom. The third-order valence-corrected chi connectivity index (χ3v) is 2.79. The molecule has 1 unspecified atom stereocenters. The van der Waals surface area contributed by atoms with Crippen LogP contribution in [0.2, 0.25) is 0 Å². The van der Waals surface area contributed by atoms with Crippen LogP contribution >= 0.6 is 0 Å². The zero-order valence-corrected chi connectivity index (χ0v) is 8.42. The van der Waals surface area contributed by atoms with Crippen LogP contribution in [-0.4, -0.2) is 20.2 Å². The van der Waals surface area contributed by atoms with Crippen LogP contribution in [0.25, 0.3) is 0 Å². The summed E-state index contributed by atoms with van der Waals surface area (Å²) in [5, 5.41) is 3.37. The van der Waals surface area contributed by atoms with Gasteiger partial charge in [0.25, 0.3) is 0 Å². The Hall–Kier alpha value is -1.22. The quantitative estimate of drug-likeness (QED) is 0.747. The maximum absolute atomic E-state index is 5.73. The van der Waals surface area contributed by atoms with Crippen molar-refractivity contribution in [2.75, 3.05) is 25.5 Å². The second-order valence-corrected chi connectivity index (χ2v) is 3.60. The van der Waals surface area contributed by atoms with Crippen LogP contribution in [0.5, 0.6) is 5.75 Å². The van der Waals surface area contributed by atoms with Crippen molar-refractivity contribution in [1.82, 2.24) is 0 Å². The highest BCUT2D eigenvalue weighted by molar-refractivity contribution is 5.58. The maximum atomic E-state index is 5.73. The summed E-state index contributed by atoms with van der Waals surface area (Å²) in [6, 6.07) is 6.14. The lowest BCUT2D eigenvalue weighted by molar-refractivity contribution is 0.414. The van der Waals surface area contributed by atoms with Gasteiger partial charge in [0.15, 0.2) is 0 Å². The minimum absolute atomic E-state index is 0.497. The molecule has 14 heavy (non-hydrogen) atoms. The minimum Gasteiger partial charge on any atom is -0.497 e. The second-order valence-electron chi connectivity index (χ2n) is 3.60. The highest BCUT2D eigenvalue weighted by Crippen LogP contribution is 2.33. The summed E-state index contributed by atoms with van der Waals surface area (Å²) < 4.78 is 5.18. The van der Waals surface area contributed by atoms with Gasteiger partial charge in [-0.1, -0.05) is 6.07 Å². The number of ether oxygens (including phenoxy) is 1. The van der Waals surface area contributed by atoms with Gasteiger partial charge < -0.3 is 15.8 Å². The molecule has 1 aliphatic rings. The molecule has 0 saturated heterocycles. The fourth-order valence-electron chi connectivity index (χ4n) is 1.95. The smallest absolute Gasteiger partial charge is 0.120 e. The first-order valence-corrected chi connectivity index (χ1v) is 4.97. The number of benzene rings is 1. The van der Waals surface area contributed by atoms with Gasteiger partial charge in [0.05, 0.1) is 7.11 Å². The first kappa shape index (κ1) is 9.34. The lowest BCUT2D eigenvalue weighted by Crippen LogP contribution is -2.22. The molecule has 1 atom stereocenters. The van der Waals surface area contributed by atoms with Crippen molar-refractivity contribution in [3.05, 3.63) is 23.8 Å². The average Bonchev–Trinajstić information content (AvgIpc) is 2.27. The number of rotatable bonds is 2. The molecule has 1 aromatic rings. The number of hydrogen-bond acceptors (Lipinski definition) is 3. The van der Waals surface area contributed by atoms with E-state index in [0.29, 0.717) is 5.92 Å². The molecule has 3 heteroatoms. The number of fused-ring (bicyclic) bond motifs is 1. The molecule has 0 aliphatic carbocycles. The van der Waals surface area contributed by atoms with E-state index in [1.807, 2.05) is 12.1 Å². The molecule has 1 heterocycles. The SMILES string of the molecule is COc1ccc2c(c1)NCCC2CN. The van der Waals surface area contributed by atoms with Crippen LogP contribution in [0.15, 0.2) is 18.2 Å². The van der Waals surface area contributed by atoms with Crippen LogP contribution < -0.4 is 15.8 Å². The molecule has 0 aromatic heterocycles. The fourth-order valence-corrected chi connectivity index (χ4v) is 1.95. The first-order valence-electron chi connectivity index (χ1n) is 4.97. The molecule has 1 aliphatic heterocycles. The molecule has 0 bridgehead atoms. The summed E-state index contributed by atoms with van der Waals surface area (Å²) in [6.07, 6.45) is 1.12. The van der Waals surface area contributed by atoms with Gasteiger partial charge >= 0.3 is 0 Å². The summed E-state index contributed by atoms with van der Waals surface area (Å²) >= 11 is 0. The predicted octanol–water partition coefficient (Wildman–Crippen LogP) is 1.55. The van der Waals surface area contributed by atoms with Gasteiger partial charge in [0, 0.05) is 18.3 Å².